The lowest BCUT2D eigenvalue weighted by Gasteiger charge is -2.35. The first-order chi connectivity index (χ1) is 7.02. The van der Waals surface area contributed by atoms with E-state index in [1.165, 1.54) is 0 Å². The summed E-state index contributed by atoms with van der Waals surface area (Å²) < 4.78 is 24.1. The molecular formula is C8H19ClN4O2S. The zero-order valence-corrected chi connectivity index (χ0v) is 10.7. The summed E-state index contributed by atoms with van der Waals surface area (Å²) in [5.41, 5.74) is 0.0501. The van der Waals surface area contributed by atoms with Crippen molar-refractivity contribution in [1.29, 1.82) is 0 Å². The van der Waals surface area contributed by atoms with E-state index >= 15 is 0 Å². The highest BCUT2D eigenvalue weighted by molar-refractivity contribution is 7.87. The van der Waals surface area contributed by atoms with Gasteiger partial charge in [-0.25, -0.2) is 9.86 Å². The van der Waals surface area contributed by atoms with Gasteiger partial charge in [0.05, 0.1) is 0 Å². The van der Waals surface area contributed by atoms with Gasteiger partial charge in [0.25, 0.3) is 10.2 Å². The van der Waals surface area contributed by atoms with Crippen molar-refractivity contribution in [3.8, 4) is 0 Å². The van der Waals surface area contributed by atoms with E-state index in [4.69, 9.17) is 5.14 Å². The van der Waals surface area contributed by atoms with Crippen LogP contribution in [0.5, 0.6) is 0 Å². The molecule has 1 heterocycles. The first-order valence-corrected chi connectivity index (χ1v) is 6.80. The van der Waals surface area contributed by atoms with Crippen molar-refractivity contribution < 1.29 is 8.42 Å². The molecule has 0 aromatic rings. The van der Waals surface area contributed by atoms with E-state index in [9.17, 15) is 8.42 Å². The van der Waals surface area contributed by atoms with Gasteiger partial charge in [0.2, 0.25) is 0 Å². The molecule has 2 aliphatic rings. The minimum absolute atomic E-state index is 0. The number of halogens is 1. The largest absolute Gasteiger partial charge is 0.314 e. The first kappa shape index (κ1) is 14.1. The number of nitrogens with zero attached hydrogens (tertiary/aromatic N) is 1. The molecule has 16 heavy (non-hydrogen) atoms. The van der Waals surface area contributed by atoms with Gasteiger partial charge >= 0.3 is 0 Å². The molecule has 1 saturated heterocycles. The van der Waals surface area contributed by atoms with Crippen molar-refractivity contribution >= 4 is 22.6 Å². The Bertz CT molecular complexity index is 325. The highest BCUT2D eigenvalue weighted by Crippen LogP contribution is 2.41. The summed E-state index contributed by atoms with van der Waals surface area (Å²) in [6.45, 7) is 4.40. The monoisotopic (exact) mass is 270 g/mol. The van der Waals surface area contributed by atoms with Crippen LogP contribution < -0.4 is 15.2 Å². The molecule has 0 aromatic heterocycles. The Morgan fingerprint density at radius 3 is 2.31 bits per heavy atom. The van der Waals surface area contributed by atoms with Crippen molar-refractivity contribution in [3.63, 3.8) is 0 Å². The van der Waals surface area contributed by atoms with Crippen LogP contribution in [0.1, 0.15) is 12.8 Å². The Kier molecular flexibility index (Phi) is 4.56. The fraction of sp³-hybridized carbons (Fsp3) is 1.00. The molecule has 0 aromatic carbocycles. The minimum atomic E-state index is -3.55. The highest BCUT2D eigenvalue weighted by atomic mass is 35.5. The molecule has 8 heteroatoms. The number of nitrogens with two attached hydrogens (primary N) is 1. The fourth-order valence-electron chi connectivity index (χ4n) is 2.12. The predicted octanol–water partition coefficient (Wildman–Crippen LogP) is -1.36. The van der Waals surface area contributed by atoms with Crippen LogP contribution in [0, 0.1) is 0 Å². The van der Waals surface area contributed by atoms with Gasteiger partial charge in [0, 0.05) is 38.3 Å². The summed E-state index contributed by atoms with van der Waals surface area (Å²) in [5.74, 6) is 0. The molecule has 0 spiro atoms. The van der Waals surface area contributed by atoms with E-state index in [-0.39, 0.29) is 17.9 Å². The molecule has 0 atom stereocenters. The summed E-state index contributed by atoms with van der Waals surface area (Å²) in [4.78, 5) is 2.36. The number of piperazine rings is 1. The lowest BCUT2D eigenvalue weighted by Crippen LogP contribution is -2.54. The maximum absolute atomic E-state index is 10.8. The summed E-state index contributed by atoms with van der Waals surface area (Å²) >= 11 is 0. The van der Waals surface area contributed by atoms with E-state index < -0.39 is 10.2 Å². The van der Waals surface area contributed by atoms with Crippen LogP contribution in [0.15, 0.2) is 0 Å². The van der Waals surface area contributed by atoms with Gasteiger partial charge in [0.1, 0.15) is 0 Å². The summed E-state index contributed by atoms with van der Waals surface area (Å²) in [5, 5.41) is 8.21. The Balaban J connectivity index is 0.00000128. The second-order valence-corrected chi connectivity index (χ2v) is 5.71. The molecule has 4 N–H and O–H groups in total. The van der Waals surface area contributed by atoms with Crippen molar-refractivity contribution in [2.24, 2.45) is 5.14 Å². The standard InChI is InChI=1S/C8H18N4O2S.ClH/c9-15(13,14)11-7-8(1-2-8)12-5-3-10-4-6-12;/h10-11H,1-7H2,(H2,9,13,14);1H. The number of hydrogen-bond acceptors (Lipinski definition) is 4. The molecule has 1 aliphatic heterocycles. The molecule has 2 fully saturated rings. The van der Waals surface area contributed by atoms with E-state index in [0.29, 0.717) is 6.54 Å². The molecule has 2 rings (SSSR count). The average Bonchev–Trinajstić information content (AvgIpc) is 2.96. The van der Waals surface area contributed by atoms with Gasteiger partial charge in [0.15, 0.2) is 0 Å². The van der Waals surface area contributed by atoms with Crippen LogP contribution in [0.4, 0.5) is 0 Å². The van der Waals surface area contributed by atoms with E-state index in [1.54, 1.807) is 0 Å². The van der Waals surface area contributed by atoms with Gasteiger partial charge in [-0.05, 0) is 12.8 Å². The second-order valence-electron chi connectivity index (χ2n) is 4.33. The highest BCUT2D eigenvalue weighted by Gasteiger charge is 2.48. The maximum atomic E-state index is 10.8. The Morgan fingerprint density at radius 2 is 1.88 bits per heavy atom. The molecule has 0 radical (unpaired) electrons. The Labute approximate surface area is 103 Å². The van der Waals surface area contributed by atoms with Gasteiger partial charge < -0.3 is 5.32 Å². The van der Waals surface area contributed by atoms with Gasteiger partial charge in [-0.15, -0.1) is 12.4 Å². The van der Waals surface area contributed by atoms with Crippen LogP contribution in [-0.2, 0) is 10.2 Å². The van der Waals surface area contributed by atoms with Crippen LogP contribution in [0.3, 0.4) is 0 Å². The van der Waals surface area contributed by atoms with Gasteiger partial charge in [-0.2, -0.15) is 8.42 Å². The molecule has 0 bridgehead atoms. The SMILES string of the molecule is Cl.NS(=O)(=O)NCC1(N2CCNCC2)CC1. The lowest BCUT2D eigenvalue weighted by atomic mass is 10.2. The van der Waals surface area contributed by atoms with E-state index in [0.717, 1.165) is 39.0 Å². The van der Waals surface area contributed by atoms with Crippen LogP contribution in [-0.4, -0.2) is 51.6 Å². The third kappa shape index (κ3) is 3.54. The Morgan fingerprint density at radius 1 is 1.31 bits per heavy atom. The zero-order valence-electron chi connectivity index (χ0n) is 9.11. The Hall–Kier alpha value is 0.0800. The zero-order chi connectivity index (χ0) is 10.9. The maximum Gasteiger partial charge on any atom is 0.274 e. The third-order valence-electron chi connectivity index (χ3n) is 3.22. The first-order valence-electron chi connectivity index (χ1n) is 5.25. The fourth-order valence-corrected chi connectivity index (χ4v) is 2.59. The van der Waals surface area contributed by atoms with E-state index in [1.807, 2.05) is 0 Å². The van der Waals surface area contributed by atoms with Crippen LogP contribution in [0.25, 0.3) is 0 Å². The lowest BCUT2D eigenvalue weighted by molar-refractivity contribution is 0.157. The molecule has 6 nitrogen and oxygen atoms in total. The van der Waals surface area contributed by atoms with Crippen molar-refractivity contribution in [2.75, 3.05) is 32.7 Å². The van der Waals surface area contributed by atoms with Crippen LogP contribution >= 0.6 is 12.4 Å². The quantitative estimate of drug-likeness (QED) is 0.589. The molecule has 0 unspecified atom stereocenters. The average molecular weight is 271 g/mol. The summed E-state index contributed by atoms with van der Waals surface area (Å²) in [6.07, 6.45) is 2.13. The van der Waals surface area contributed by atoms with Crippen LogP contribution in [0.2, 0.25) is 0 Å². The third-order valence-corrected chi connectivity index (χ3v) is 3.76. The minimum Gasteiger partial charge on any atom is -0.314 e. The van der Waals surface area contributed by atoms with E-state index in [2.05, 4.69) is 14.9 Å². The number of hydrogen-bond donors (Lipinski definition) is 3. The normalized spacial score (nSPS) is 24.8. The smallest absolute Gasteiger partial charge is 0.274 e. The topological polar surface area (TPSA) is 87.5 Å². The molecule has 1 aliphatic carbocycles. The van der Waals surface area contributed by atoms with Gasteiger partial charge in [-0.3, -0.25) is 4.90 Å². The molecule has 1 saturated carbocycles. The summed E-state index contributed by atoms with van der Waals surface area (Å²) in [7, 11) is -3.55. The second kappa shape index (κ2) is 5.16. The van der Waals surface area contributed by atoms with Crippen molar-refractivity contribution in [3.05, 3.63) is 0 Å². The summed E-state index contributed by atoms with van der Waals surface area (Å²) in [6, 6.07) is 0. The van der Waals surface area contributed by atoms with Crippen molar-refractivity contribution in [1.82, 2.24) is 14.9 Å². The number of nitrogens with one attached hydrogen (secondary N) is 2. The molecule has 0 amide bonds. The molecule has 96 valence electrons. The predicted molar refractivity (Wildman–Crippen MR) is 64.8 cm³/mol. The van der Waals surface area contributed by atoms with Gasteiger partial charge in [-0.1, -0.05) is 0 Å². The van der Waals surface area contributed by atoms with Crippen molar-refractivity contribution in [2.45, 2.75) is 18.4 Å². The number of rotatable bonds is 4. The molecular weight excluding hydrogens is 252 g/mol.